The molecule has 0 aromatic heterocycles. The summed E-state index contributed by atoms with van der Waals surface area (Å²) in [5.41, 5.74) is 0. The Labute approximate surface area is 127 Å². The molecule has 1 radical (unpaired) electrons. The molecule has 0 bridgehead atoms. The van der Waals surface area contributed by atoms with Gasteiger partial charge in [-0.05, 0) is 30.1 Å². The van der Waals surface area contributed by atoms with Gasteiger partial charge in [0.25, 0.3) is 0 Å². The second-order valence-electron chi connectivity index (χ2n) is 5.87. The van der Waals surface area contributed by atoms with Gasteiger partial charge in [0.2, 0.25) is 0 Å². The third-order valence-electron chi connectivity index (χ3n) is 5.02. The molecule has 91 valence electrons. The Hall–Kier alpha value is 1.10. The fourth-order valence-corrected chi connectivity index (χ4v) is 4.12. The summed E-state index contributed by atoms with van der Waals surface area (Å²) in [6, 6.07) is 0. The molecule has 0 saturated heterocycles. The molecular weight excluding hydrogens is 269 g/mol. The molecule has 0 aliphatic heterocycles. The van der Waals surface area contributed by atoms with Crippen LogP contribution in [0.3, 0.4) is 0 Å². The first kappa shape index (κ1) is 15.2. The van der Waals surface area contributed by atoms with E-state index >= 15 is 0 Å². The van der Waals surface area contributed by atoms with Crippen molar-refractivity contribution in [3.8, 4) is 0 Å². The summed E-state index contributed by atoms with van der Waals surface area (Å²) in [7, 11) is 0. The molecule has 3 aliphatic rings. The normalized spacial score (nSPS) is 48.0. The molecule has 3 rings (SSSR count). The molecule has 3 aliphatic carbocycles. The summed E-state index contributed by atoms with van der Waals surface area (Å²) in [5, 5.41) is 0. The largest absolute Gasteiger partial charge is 0.344 e. The van der Waals surface area contributed by atoms with Crippen LogP contribution in [0.15, 0.2) is 0 Å². The molecule has 0 heterocycles. The van der Waals surface area contributed by atoms with Crippen LogP contribution in [0.5, 0.6) is 0 Å². The van der Waals surface area contributed by atoms with Gasteiger partial charge in [-0.3, -0.25) is 0 Å². The SMILES string of the molecule is CC1C2C[CH-]CC2C(C)C2CC12.[CH2-]CC.[Y]. The number of hydrogen-bond donors (Lipinski definition) is 0. The van der Waals surface area contributed by atoms with E-state index in [1.807, 2.05) is 6.92 Å². The maximum absolute atomic E-state index is 3.49. The first-order valence-corrected chi connectivity index (χ1v) is 6.81. The number of rotatable bonds is 0. The van der Waals surface area contributed by atoms with E-state index in [0.717, 1.165) is 41.9 Å². The Morgan fingerprint density at radius 3 is 1.75 bits per heavy atom. The number of hydrogen-bond acceptors (Lipinski definition) is 0. The Morgan fingerprint density at radius 1 is 1.00 bits per heavy atom. The molecule has 0 amide bonds. The molecule has 0 aromatic rings. The van der Waals surface area contributed by atoms with Gasteiger partial charge in [-0.2, -0.15) is 19.3 Å². The van der Waals surface area contributed by atoms with Crippen LogP contribution < -0.4 is 0 Å². The monoisotopic (exact) mass is 295 g/mol. The van der Waals surface area contributed by atoms with Crippen molar-refractivity contribution in [2.24, 2.45) is 35.5 Å². The van der Waals surface area contributed by atoms with Crippen LogP contribution >= 0.6 is 0 Å². The standard InChI is InChI=1S/C12H19.C3H7.Y/c1-7-9-4-3-5-10(9)8(2)12-6-11(7)12;1-3-2;/h3,7-12H,4-6H2,1-2H3;1,3H2,2H3;/q2*-1;. The molecule has 3 saturated carbocycles. The predicted octanol–water partition coefficient (Wildman–Crippen LogP) is 4.37. The van der Waals surface area contributed by atoms with Gasteiger partial charge < -0.3 is 13.3 Å². The molecule has 16 heavy (non-hydrogen) atoms. The van der Waals surface area contributed by atoms with Crippen molar-refractivity contribution in [1.29, 1.82) is 0 Å². The molecule has 1 heteroatoms. The van der Waals surface area contributed by atoms with Crippen molar-refractivity contribution in [3.63, 3.8) is 0 Å². The zero-order chi connectivity index (χ0) is 11.0. The summed E-state index contributed by atoms with van der Waals surface area (Å²) in [6.07, 6.45) is 7.97. The smallest absolute Gasteiger partial charge is 0 e. The third-order valence-corrected chi connectivity index (χ3v) is 5.02. The van der Waals surface area contributed by atoms with Crippen molar-refractivity contribution in [2.75, 3.05) is 0 Å². The first-order valence-electron chi connectivity index (χ1n) is 6.81. The summed E-state index contributed by atoms with van der Waals surface area (Å²) in [5.74, 6) is 6.51. The van der Waals surface area contributed by atoms with Gasteiger partial charge in [-0.15, -0.1) is 0 Å². The molecular formula is C15H26Y-2. The molecule has 3 fully saturated rings. The van der Waals surface area contributed by atoms with Gasteiger partial charge >= 0.3 is 0 Å². The van der Waals surface area contributed by atoms with Crippen molar-refractivity contribution < 1.29 is 32.7 Å². The molecule has 0 N–H and O–H groups in total. The average Bonchev–Trinajstić information content (AvgIpc) is 2.85. The molecule has 0 nitrogen and oxygen atoms in total. The quantitative estimate of drug-likeness (QED) is 0.582. The summed E-state index contributed by atoms with van der Waals surface area (Å²) in [4.78, 5) is 0. The third kappa shape index (κ3) is 2.74. The second-order valence-corrected chi connectivity index (χ2v) is 5.87. The van der Waals surface area contributed by atoms with E-state index in [4.69, 9.17) is 0 Å². The van der Waals surface area contributed by atoms with Crippen LogP contribution in [0, 0.1) is 48.9 Å². The topological polar surface area (TPSA) is 0 Å². The van der Waals surface area contributed by atoms with Crippen molar-refractivity contribution in [2.45, 2.75) is 46.5 Å². The minimum Gasteiger partial charge on any atom is -0.344 e. The molecule has 0 aromatic carbocycles. The van der Waals surface area contributed by atoms with Gasteiger partial charge in [0, 0.05) is 32.7 Å². The second kappa shape index (κ2) is 6.32. The maximum atomic E-state index is 3.49. The fraction of sp³-hybridized carbons (Fsp3) is 0.867. The van der Waals surface area contributed by atoms with Crippen LogP contribution in [0.2, 0.25) is 0 Å². The first-order chi connectivity index (χ1) is 7.20. The maximum Gasteiger partial charge on any atom is 0 e. The van der Waals surface area contributed by atoms with Crippen LogP contribution in [-0.2, 0) is 32.7 Å². The molecule has 6 atom stereocenters. The zero-order valence-electron chi connectivity index (χ0n) is 11.2. The van der Waals surface area contributed by atoms with Crippen molar-refractivity contribution >= 4 is 0 Å². The van der Waals surface area contributed by atoms with Gasteiger partial charge in [0.05, 0.1) is 0 Å². The number of fused-ring (bicyclic) bond motifs is 2. The van der Waals surface area contributed by atoms with E-state index < -0.39 is 0 Å². The van der Waals surface area contributed by atoms with Gasteiger partial charge in [-0.1, -0.05) is 32.6 Å². The van der Waals surface area contributed by atoms with E-state index in [1.165, 1.54) is 12.8 Å². The van der Waals surface area contributed by atoms with Gasteiger partial charge in [0.1, 0.15) is 0 Å². The zero-order valence-corrected chi connectivity index (χ0v) is 14.0. The minimum atomic E-state index is 0. The van der Waals surface area contributed by atoms with Crippen molar-refractivity contribution in [3.05, 3.63) is 13.3 Å². The van der Waals surface area contributed by atoms with E-state index in [-0.39, 0.29) is 32.7 Å². The Bertz CT molecular complexity index is 193. The summed E-state index contributed by atoms with van der Waals surface area (Å²) < 4.78 is 0. The van der Waals surface area contributed by atoms with Gasteiger partial charge in [-0.25, -0.2) is 0 Å². The Morgan fingerprint density at radius 2 is 1.38 bits per heavy atom. The predicted molar refractivity (Wildman–Crippen MR) is 66.1 cm³/mol. The van der Waals surface area contributed by atoms with E-state index in [1.54, 1.807) is 6.42 Å². The van der Waals surface area contributed by atoms with Crippen LogP contribution in [0.25, 0.3) is 0 Å². The summed E-state index contributed by atoms with van der Waals surface area (Å²) in [6.45, 7) is 10.5. The van der Waals surface area contributed by atoms with Crippen molar-refractivity contribution in [1.82, 2.24) is 0 Å². The van der Waals surface area contributed by atoms with Crippen LogP contribution in [0.4, 0.5) is 0 Å². The van der Waals surface area contributed by atoms with E-state index in [9.17, 15) is 0 Å². The molecule has 6 unspecified atom stereocenters. The van der Waals surface area contributed by atoms with Gasteiger partial charge in [0.15, 0.2) is 0 Å². The van der Waals surface area contributed by atoms with Crippen LogP contribution in [0.1, 0.15) is 46.5 Å². The molecule has 0 spiro atoms. The van der Waals surface area contributed by atoms with E-state index in [0.29, 0.717) is 0 Å². The fourth-order valence-electron chi connectivity index (χ4n) is 4.12. The Balaban J connectivity index is 0.000000292. The Kier molecular flexibility index (Phi) is 5.99. The van der Waals surface area contributed by atoms with Crippen LogP contribution in [-0.4, -0.2) is 0 Å². The van der Waals surface area contributed by atoms with E-state index in [2.05, 4.69) is 27.2 Å². The minimum absolute atomic E-state index is 0. The average molecular weight is 295 g/mol. The summed E-state index contributed by atoms with van der Waals surface area (Å²) >= 11 is 0.